The Hall–Kier alpha value is -1.51. The number of rotatable bonds is 6. The van der Waals surface area contributed by atoms with Gasteiger partial charge in [0.15, 0.2) is 4.90 Å². The van der Waals surface area contributed by atoms with Crippen LogP contribution >= 0.6 is 0 Å². The quantitative estimate of drug-likeness (QED) is 0.612. The van der Waals surface area contributed by atoms with Gasteiger partial charge in [-0.05, 0) is 51.3 Å². The third-order valence-corrected chi connectivity index (χ3v) is 4.73. The minimum atomic E-state index is -4.02. The van der Waals surface area contributed by atoms with Crippen molar-refractivity contribution in [2.45, 2.75) is 51.2 Å². The van der Waals surface area contributed by atoms with Gasteiger partial charge in [-0.25, -0.2) is 13.1 Å². The number of nitrogens with one attached hydrogen (secondary N) is 1. The van der Waals surface area contributed by atoms with E-state index in [1.54, 1.807) is 27.7 Å². The average Bonchev–Trinajstić information content (AvgIpc) is 2.29. The Kier molecular flexibility index (Phi) is 5.43. The maximum absolute atomic E-state index is 12.3. The Balaban J connectivity index is 3.25. The van der Waals surface area contributed by atoms with Crippen molar-refractivity contribution in [3.05, 3.63) is 33.4 Å². The summed E-state index contributed by atoms with van der Waals surface area (Å²) in [5, 5.41) is 20.3. The molecule has 0 amide bonds. The van der Waals surface area contributed by atoms with Crippen LogP contribution in [0.3, 0.4) is 0 Å². The van der Waals surface area contributed by atoms with Crippen molar-refractivity contribution in [1.82, 2.24) is 4.72 Å². The second-order valence-corrected chi connectivity index (χ2v) is 6.95. The third-order valence-electron chi connectivity index (χ3n) is 3.11. The normalized spacial score (nSPS) is 14.7. The Morgan fingerprint density at radius 1 is 1.29 bits per heavy atom. The van der Waals surface area contributed by atoms with Gasteiger partial charge >= 0.3 is 0 Å². The van der Waals surface area contributed by atoms with Crippen molar-refractivity contribution in [2.75, 3.05) is 0 Å². The van der Waals surface area contributed by atoms with Gasteiger partial charge in [-0.3, -0.25) is 10.1 Å². The van der Waals surface area contributed by atoms with Gasteiger partial charge in [-0.1, -0.05) is 0 Å². The number of benzene rings is 1. The van der Waals surface area contributed by atoms with Crippen LogP contribution < -0.4 is 4.72 Å². The Bertz CT molecular complexity index is 640. The van der Waals surface area contributed by atoms with E-state index in [0.717, 1.165) is 0 Å². The van der Waals surface area contributed by atoms with E-state index in [9.17, 15) is 23.6 Å². The number of nitro benzene ring substituents is 1. The molecule has 0 aliphatic rings. The summed E-state index contributed by atoms with van der Waals surface area (Å²) in [4.78, 5) is 10.0. The first-order valence-corrected chi connectivity index (χ1v) is 7.99. The molecule has 0 fully saturated rings. The molecule has 2 unspecified atom stereocenters. The van der Waals surface area contributed by atoms with Gasteiger partial charge in [0.1, 0.15) is 0 Å². The summed E-state index contributed by atoms with van der Waals surface area (Å²) in [7, 11) is -4.02. The fraction of sp³-hybridized carbons (Fsp3) is 0.538. The lowest BCUT2D eigenvalue weighted by molar-refractivity contribution is -0.387. The molecule has 0 radical (unpaired) electrons. The maximum Gasteiger partial charge on any atom is 0.289 e. The number of sulfonamides is 1. The molecule has 1 aromatic carbocycles. The van der Waals surface area contributed by atoms with Crippen LogP contribution in [0, 0.1) is 24.0 Å². The first-order valence-electron chi connectivity index (χ1n) is 6.50. The molecule has 7 nitrogen and oxygen atoms in total. The molecule has 0 bridgehead atoms. The fourth-order valence-electron chi connectivity index (χ4n) is 2.02. The van der Waals surface area contributed by atoms with Crippen LogP contribution in [0.1, 0.15) is 31.4 Å². The predicted molar refractivity (Wildman–Crippen MR) is 78.7 cm³/mol. The molecule has 0 saturated carbocycles. The van der Waals surface area contributed by atoms with Crippen molar-refractivity contribution in [1.29, 1.82) is 0 Å². The average molecular weight is 316 g/mol. The molecule has 2 atom stereocenters. The van der Waals surface area contributed by atoms with Crippen LogP contribution in [0.4, 0.5) is 5.69 Å². The summed E-state index contributed by atoms with van der Waals surface area (Å²) < 4.78 is 27.0. The highest BCUT2D eigenvalue weighted by Crippen LogP contribution is 2.27. The second kappa shape index (κ2) is 6.50. The lowest BCUT2D eigenvalue weighted by Gasteiger charge is -2.16. The largest absolute Gasteiger partial charge is 0.393 e. The zero-order valence-electron chi connectivity index (χ0n) is 12.5. The molecule has 8 heteroatoms. The van der Waals surface area contributed by atoms with E-state index < -0.39 is 32.8 Å². The van der Waals surface area contributed by atoms with Crippen LogP contribution in [0.2, 0.25) is 0 Å². The van der Waals surface area contributed by atoms with E-state index in [0.29, 0.717) is 11.1 Å². The monoisotopic (exact) mass is 316 g/mol. The topological polar surface area (TPSA) is 110 Å². The van der Waals surface area contributed by atoms with Gasteiger partial charge in [0.2, 0.25) is 10.0 Å². The first kappa shape index (κ1) is 17.5. The van der Waals surface area contributed by atoms with Gasteiger partial charge in [0, 0.05) is 12.1 Å². The van der Waals surface area contributed by atoms with E-state index in [-0.39, 0.29) is 11.3 Å². The second-order valence-electron chi connectivity index (χ2n) is 5.27. The van der Waals surface area contributed by atoms with Crippen LogP contribution in [-0.2, 0) is 10.0 Å². The van der Waals surface area contributed by atoms with Gasteiger partial charge in [0.25, 0.3) is 5.69 Å². The Labute approximate surface area is 124 Å². The predicted octanol–water partition coefficient (Wildman–Crippen LogP) is 1.65. The van der Waals surface area contributed by atoms with Gasteiger partial charge in [-0.15, -0.1) is 0 Å². The Morgan fingerprint density at radius 3 is 2.29 bits per heavy atom. The van der Waals surface area contributed by atoms with Crippen molar-refractivity contribution < 1.29 is 18.4 Å². The molecule has 0 aliphatic heterocycles. The van der Waals surface area contributed by atoms with Gasteiger partial charge in [-0.2, -0.15) is 0 Å². The van der Waals surface area contributed by atoms with Crippen molar-refractivity contribution in [2.24, 2.45) is 0 Å². The molecule has 118 valence electrons. The van der Waals surface area contributed by atoms with Crippen LogP contribution in [0.15, 0.2) is 17.0 Å². The SMILES string of the molecule is Cc1cc([N+](=O)[O-])c(S(=O)(=O)NC(C)CC(C)O)cc1C. The highest BCUT2D eigenvalue weighted by molar-refractivity contribution is 7.89. The number of nitrogens with zero attached hydrogens (tertiary/aromatic N) is 1. The third kappa shape index (κ3) is 4.48. The lowest BCUT2D eigenvalue weighted by Crippen LogP contribution is -2.35. The number of hydrogen-bond acceptors (Lipinski definition) is 5. The molecule has 0 saturated heterocycles. The summed E-state index contributed by atoms with van der Waals surface area (Å²) in [6, 6.07) is 2.02. The molecule has 0 aromatic heterocycles. The smallest absolute Gasteiger partial charge is 0.289 e. The molecule has 21 heavy (non-hydrogen) atoms. The molecule has 0 aliphatic carbocycles. The summed E-state index contributed by atoms with van der Waals surface area (Å²) in [6.07, 6.45) is -0.449. The van der Waals surface area contributed by atoms with E-state index in [4.69, 9.17) is 0 Å². The highest BCUT2D eigenvalue weighted by atomic mass is 32.2. The number of nitro groups is 1. The molecular formula is C13H20N2O5S. The minimum Gasteiger partial charge on any atom is -0.393 e. The van der Waals surface area contributed by atoms with Crippen LogP contribution in [-0.4, -0.2) is 30.6 Å². The zero-order chi connectivity index (χ0) is 16.4. The van der Waals surface area contributed by atoms with Crippen molar-refractivity contribution in [3.8, 4) is 0 Å². The molecule has 0 heterocycles. The summed E-state index contributed by atoms with van der Waals surface area (Å²) in [5.41, 5.74) is 0.858. The molecule has 1 aromatic rings. The summed E-state index contributed by atoms with van der Waals surface area (Å²) in [6.45, 7) is 6.51. The van der Waals surface area contributed by atoms with E-state index in [1.165, 1.54) is 12.1 Å². The van der Waals surface area contributed by atoms with Crippen molar-refractivity contribution in [3.63, 3.8) is 0 Å². The van der Waals surface area contributed by atoms with E-state index >= 15 is 0 Å². The summed E-state index contributed by atoms with van der Waals surface area (Å²) >= 11 is 0. The number of hydrogen-bond donors (Lipinski definition) is 2. The van der Waals surface area contributed by atoms with Gasteiger partial charge < -0.3 is 5.11 Å². The number of aliphatic hydroxyl groups excluding tert-OH is 1. The highest BCUT2D eigenvalue weighted by Gasteiger charge is 2.28. The minimum absolute atomic E-state index is 0.220. The first-order chi connectivity index (χ1) is 9.54. The molecular weight excluding hydrogens is 296 g/mol. The van der Waals surface area contributed by atoms with E-state index in [2.05, 4.69) is 4.72 Å². The number of aliphatic hydroxyl groups is 1. The Morgan fingerprint density at radius 2 is 1.81 bits per heavy atom. The summed E-state index contributed by atoms with van der Waals surface area (Å²) in [5.74, 6) is 0. The molecule has 2 N–H and O–H groups in total. The van der Waals surface area contributed by atoms with Gasteiger partial charge in [0.05, 0.1) is 11.0 Å². The standard InChI is InChI=1S/C13H20N2O5S/c1-8-5-12(15(17)18)13(6-9(8)2)21(19,20)14-10(3)7-11(4)16/h5-6,10-11,14,16H,7H2,1-4H3. The maximum atomic E-state index is 12.3. The lowest BCUT2D eigenvalue weighted by atomic mass is 10.1. The van der Waals surface area contributed by atoms with Crippen molar-refractivity contribution >= 4 is 15.7 Å². The molecule has 0 spiro atoms. The molecule has 1 rings (SSSR count). The van der Waals surface area contributed by atoms with Crippen LogP contribution in [0.25, 0.3) is 0 Å². The zero-order valence-corrected chi connectivity index (χ0v) is 13.3. The van der Waals surface area contributed by atoms with E-state index in [1.807, 2.05) is 0 Å². The number of aryl methyl sites for hydroxylation is 2. The fourth-order valence-corrected chi connectivity index (χ4v) is 3.51. The van der Waals surface area contributed by atoms with Crippen LogP contribution in [0.5, 0.6) is 0 Å².